The predicted octanol–water partition coefficient (Wildman–Crippen LogP) is 3.78. The van der Waals surface area contributed by atoms with E-state index in [4.69, 9.17) is 10.00 Å². The Morgan fingerprint density at radius 3 is 2.53 bits per heavy atom. The molecule has 0 saturated heterocycles. The summed E-state index contributed by atoms with van der Waals surface area (Å²) in [5.41, 5.74) is 3.12. The van der Waals surface area contributed by atoms with Crippen LogP contribution in [0.3, 0.4) is 0 Å². The molecule has 0 radical (unpaired) electrons. The van der Waals surface area contributed by atoms with E-state index in [9.17, 15) is 4.79 Å². The number of hydrogen-bond acceptors (Lipinski definition) is 3. The maximum absolute atomic E-state index is 10.7. The molecule has 0 heterocycles. The first-order chi connectivity index (χ1) is 9.13. The summed E-state index contributed by atoms with van der Waals surface area (Å²) < 4.78 is 5.70. The minimum absolute atomic E-state index is 0.350. The summed E-state index contributed by atoms with van der Waals surface area (Å²) in [5.74, 6) is 1.13. The van der Waals surface area contributed by atoms with Crippen molar-refractivity contribution in [1.29, 1.82) is 5.26 Å². The Bertz CT molecular complexity index is 669. The predicted molar refractivity (Wildman–Crippen MR) is 72.5 cm³/mol. The van der Waals surface area contributed by atoms with E-state index in [-0.39, 0.29) is 0 Å². The molecule has 0 aliphatic heterocycles. The average molecular weight is 251 g/mol. The zero-order valence-corrected chi connectivity index (χ0v) is 10.8. The highest BCUT2D eigenvalue weighted by atomic mass is 16.5. The minimum Gasteiger partial charge on any atom is -0.456 e. The molecule has 0 N–H and O–H groups in total. The summed E-state index contributed by atoms with van der Waals surface area (Å²) in [7, 11) is 0. The lowest BCUT2D eigenvalue weighted by Crippen LogP contribution is -1.91. The Hall–Kier alpha value is -2.60. The van der Waals surface area contributed by atoms with Crippen LogP contribution < -0.4 is 4.74 Å². The van der Waals surface area contributed by atoms with Gasteiger partial charge in [0.15, 0.2) is 0 Å². The average Bonchev–Trinajstić information content (AvgIpc) is 2.43. The van der Waals surface area contributed by atoms with Crippen LogP contribution in [0.25, 0.3) is 0 Å². The van der Waals surface area contributed by atoms with Gasteiger partial charge in [0, 0.05) is 5.56 Å². The fourth-order valence-corrected chi connectivity index (χ4v) is 1.70. The van der Waals surface area contributed by atoms with Gasteiger partial charge in [0.2, 0.25) is 0 Å². The van der Waals surface area contributed by atoms with Gasteiger partial charge in [-0.1, -0.05) is 6.07 Å². The fraction of sp³-hybridized carbons (Fsp3) is 0.125. The van der Waals surface area contributed by atoms with Gasteiger partial charge in [0.05, 0.1) is 5.56 Å². The first kappa shape index (κ1) is 12.8. The molecule has 0 bridgehead atoms. The number of hydrogen-bond donors (Lipinski definition) is 0. The van der Waals surface area contributed by atoms with Crippen molar-refractivity contribution in [2.24, 2.45) is 0 Å². The second-order valence-corrected chi connectivity index (χ2v) is 4.33. The third-order valence-corrected chi connectivity index (χ3v) is 2.97. The molecule has 0 unspecified atom stereocenters. The number of ether oxygens (including phenoxy) is 1. The first-order valence-electron chi connectivity index (χ1n) is 5.88. The zero-order chi connectivity index (χ0) is 13.8. The van der Waals surface area contributed by atoms with Crippen molar-refractivity contribution in [2.45, 2.75) is 13.8 Å². The van der Waals surface area contributed by atoms with E-state index < -0.39 is 0 Å². The largest absolute Gasteiger partial charge is 0.456 e. The zero-order valence-electron chi connectivity index (χ0n) is 10.8. The summed E-state index contributed by atoms with van der Waals surface area (Å²) in [4.78, 5) is 10.7. The third kappa shape index (κ3) is 2.80. The lowest BCUT2D eigenvalue weighted by molar-refractivity contribution is 0.112. The quantitative estimate of drug-likeness (QED) is 0.780. The molecule has 0 atom stereocenters. The number of carbonyl (C=O) groups excluding carboxylic acids is 1. The highest BCUT2D eigenvalue weighted by Gasteiger charge is 2.06. The van der Waals surface area contributed by atoms with Crippen LogP contribution in [0, 0.1) is 25.2 Å². The molecule has 94 valence electrons. The SMILES string of the molecule is Cc1ccc(Oc2ccc(C=O)cc2C#N)cc1C. The summed E-state index contributed by atoms with van der Waals surface area (Å²) in [6.45, 7) is 4.03. The molecule has 0 fully saturated rings. The van der Waals surface area contributed by atoms with E-state index in [0.717, 1.165) is 5.56 Å². The molecular formula is C16H13NO2. The molecule has 3 nitrogen and oxygen atoms in total. The van der Waals surface area contributed by atoms with Crippen molar-refractivity contribution < 1.29 is 9.53 Å². The van der Waals surface area contributed by atoms with Crippen LogP contribution in [-0.2, 0) is 0 Å². The summed E-state index contributed by atoms with van der Waals surface area (Å²) in [5, 5.41) is 9.07. The first-order valence-corrected chi connectivity index (χ1v) is 5.88. The Morgan fingerprint density at radius 1 is 1.11 bits per heavy atom. The van der Waals surface area contributed by atoms with Crippen molar-refractivity contribution >= 4 is 6.29 Å². The number of aldehydes is 1. The van der Waals surface area contributed by atoms with Gasteiger partial charge in [0.1, 0.15) is 23.9 Å². The molecule has 0 aromatic heterocycles. The van der Waals surface area contributed by atoms with Crippen molar-refractivity contribution in [3.8, 4) is 17.6 Å². The van der Waals surface area contributed by atoms with E-state index >= 15 is 0 Å². The van der Waals surface area contributed by atoms with Crippen molar-refractivity contribution in [3.05, 3.63) is 58.7 Å². The molecular weight excluding hydrogens is 238 g/mol. The topological polar surface area (TPSA) is 50.1 Å². The molecule has 0 saturated carbocycles. The van der Waals surface area contributed by atoms with Crippen LogP contribution in [0.5, 0.6) is 11.5 Å². The summed E-state index contributed by atoms with van der Waals surface area (Å²) in [6.07, 6.45) is 0.709. The molecule has 0 aliphatic rings. The highest BCUT2D eigenvalue weighted by molar-refractivity contribution is 5.76. The van der Waals surface area contributed by atoms with E-state index in [1.807, 2.05) is 38.1 Å². The fourth-order valence-electron chi connectivity index (χ4n) is 1.70. The van der Waals surface area contributed by atoms with Gasteiger partial charge < -0.3 is 4.74 Å². The van der Waals surface area contributed by atoms with E-state index in [2.05, 4.69) is 0 Å². The number of rotatable bonds is 3. The molecule has 0 amide bonds. The maximum Gasteiger partial charge on any atom is 0.150 e. The summed E-state index contributed by atoms with van der Waals surface area (Å²) in [6, 6.07) is 12.6. The second kappa shape index (κ2) is 5.36. The van der Waals surface area contributed by atoms with Gasteiger partial charge >= 0.3 is 0 Å². The smallest absolute Gasteiger partial charge is 0.150 e. The van der Waals surface area contributed by atoms with Gasteiger partial charge in [-0.05, 0) is 55.3 Å². The van der Waals surface area contributed by atoms with Crippen molar-refractivity contribution in [1.82, 2.24) is 0 Å². The van der Waals surface area contributed by atoms with E-state index in [0.29, 0.717) is 28.9 Å². The molecule has 2 aromatic carbocycles. The molecule has 0 spiro atoms. The van der Waals surface area contributed by atoms with E-state index in [1.54, 1.807) is 12.1 Å². The van der Waals surface area contributed by atoms with Crippen LogP contribution in [-0.4, -0.2) is 6.29 Å². The third-order valence-electron chi connectivity index (χ3n) is 2.97. The molecule has 0 aliphatic carbocycles. The van der Waals surface area contributed by atoms with Gasteiger partial charge in [-0.15, -0.1) is 0 Å². The Morgan fingerprint density at radius 2 is 1.89 bits per heavy atom. The van der Waals surface area contributed by atoms with Crippen molar-refractivity contribution in [3.63, 3.8) is 0 Å². The van der Waals surface area contributed by atoms with Gasteiger partial charge in [-0.2, -0.15) is 5.26 Å². The highest BCUT2D eigenvalue weighted by Crippen LogP contribution is 2.27. The number of nitrogens with zero attached hydrogens (tertiary/aromatic N) is 1. The van der Waals surface area contributed by atoms with Gasteiger partial charge in [0.25, 0.3) is 0 Å². The normalized spacial score (nSPS) is 9.74. The minimum atomic E-state index is 0.350. The van der Waals surface area contributed by atoms with Crippen LogP contribution in [0.1, 0.15) is 27.0 Å². The van der Waals surface area contributed by atoms with Crippen LogP contribution in [0.2, 0.25) is 0 Å². The van der Waals surface area contributed by atoms with E-state index in [1.165, 1.54) is 11.6 Å². The molecule has 19 heavy (non-hydrogen) atoms. The van der Waals surface area contributed by atoms with Gasteiger partial charge in [-0.3, -0.25) is 4.79 Å². The number of aryl methyl sites for hydroxylation is 2. The summed E-state index contributed by atoms with van der Waals surface area (Å²) >= 11 is 0. The maximum atomic E-state index is 10.7. The number of benzene rings is 2. The lowest BCUT2D eigenvalue weighted by Gasteiger charge is -2.09. The Labute approximate surface area is 112 Å². The van der Waals surface area contributed by atoms with Crippen LogP contribution >= 0.6 is 0 Å². The van der Waals surface area contributed by atoms with Gasteiger partial charge in [-0.25, -0.2) is 0 Å². The monoisotopic (exact) mass is 251 g/mol. The van der Waals surface area contributed by atoms with Crippen LogP contribution in [0.15, 0.2) is 36.4 Å². The molecule has 2 aromatic rings. The Balaban J connectivity index is 2.35. The lowest BCUT2D eigenvalue weighted by atomic mass is 10.1. The van der Waals surface area contributed by atoms with Crippen molar-refractivity contribution in [2.75, 3.05) is 0 Å². The molecule has 2 rings (SSSR count). The standard InChI is InChI=1S/C16H13NO2/c1-11-3-5-15(7-12(11)2)19-16-6-4-13(10-18)8-14(16)9-17/h3-8,10H,1-2H3. The second-order valence-electron chi connectivity index (χ2n) is 4.33. The number of nitriles is 1. The van der Waals surface area contributed by atoms with Crippen LogP contribution in [0.4, 0.5) is 0 Å². The molecule has 3 heteroatoms. The Kier molecular flexibility index (Phi) is 3.63. The number of carbonyl (C=O) groups is 1.